The van der Waals surface area contributed by atoms with E-state index in [-0.39, 0.29) is 18.2 Å². The lowest BCUT2D eigenvalue weighted by molar-refractivity contribution is -0.131. The number of carbonyl (C=O) groups excluding carboxylic acids is 2. The van der Waals surface area contributed by atoms with Crippen LogP contribution < -0.4 is 9.80 Å². The van der Waals surface area contributed by atoms with Crippen molar-refractivity contribution in [1.29, 1.82) is 5.26 Å². The summed E-state index contributed by atoms with van der Waals surface area (Å²) in [6, 6.07) is 14.8. The van der Waals surface area contributed by atoms with Gasteiger partial charge in [-0.1, -0.05) is 12.1 Å². The van der Waals surface area contributed by atoms with Crippen LogP contribution in [0.2, 0.25) is 0 Å². The minimum atomic E-state index is -0.150. The number of pyridine rings is 1. The molecular formula is C21H23N5O2. The molecule has 1 saturated heterocycles. The highest BCUT2D eigenvalue weighted by molar-refractivity contribution is 5.92. The second-order valence-electron chi connectivity index (χ2n) is 6.64. The Labute approximate surface area is 164 Å². The molecule has 7 heteroatoms. The fourth-order valence-corrected chi connectivity index (χ4v) is 3.30. The molecule has 2 aromatic rings. The van der Waals surface area contributed by atoms with Gasteiger partial charge in [-0.2, -0.15) is 5.26 Å². The lowest BCUT2D eigenvalue weighted by Gasteiger charge is -2.35. The lowest BCUT2D eigenvalue weighted by atomic mass is 10.2. The van der Waals surface area contributed by atoms with E-state index in [0.717, 1.165) is 18.9 Å². The van der Waals surface area contributed by atoms with Gasteiger partial charge in [-0.05, 0) is 30.3 Å². The number of aromatic nitrogens is 1. The number of nitrogens with zero attached hydrogens (tertiary/aromatic N) is 5. The Hall–Kier alpha value is -3.40. The zero-order valence-electron chi connectivity index (χ0n) is 15.9. The van der Waals surface area contributed by atoms with Gasteiger partial charge in [0.05, 0.1) is 11.6 Å². The average Bonchev–Trinajstić information content (AvgIpc) is 2.74. The summed E-state index contributed by atoms with van der Waals surface area (Å²) in [5.41, 5.74) is 1.13. The van der Waals surface area contributed by atoms with Crippen LogP contribution in [-0.2, 0) is 9.59 Å². The van der Waals surface area contributed by atoms with Gasteiger partial charge < -0.3 is 14.7 Å². The Morgan fingerprint density at radius 3 is 2.57 bits per heavy atom. The van der Waals surface area contributed by atoms with Gasteiger partial charge in [0.25, 0.3) is 0 Å². The molecule has 1 fully saturated rings. The van der Waals surface area contributed by atoms with Crippen LogP contribution in [0.1, 0.15) is 18.9 Å². The number of amides is 2. The molecule has 1 aliphatic heterocycles. The standard InChI is InChI=1S/C21H23N5O2/c1-17(27)26(19-6-4-5-18(15-19)16-22)10-8-21(28)25-13-11-24(12-14-25)20-7-2-3-9-23-20/h2-7,9,15H,8,10-14H2,1H3. The number of nitriles is 1. The van der Waals surface area contributed by atoms with Crippen LogP contribution in [0.25, 0.3) is 0 Å². The topological polar surface area (TPSA) is 80.5 Å². The number of benzene rings is 1. The normalized spacial score (nSPS) is 13.7. The SMILES string of the molecule is CC(=O)N(CCC(=O)N1CCN(c2ccccn2)CC1)c1cccc(C#N)c1. The highest BCUT2D eigenvalue weighted by atomic mass is 16.2. The average molecular weight is 377 g/mol. The molecule has 0 saturated carbocycles. The van der Waals surface area contributed by atoms with Crippen molar-refractivity contribution < 1.29 is 9.59 Å². The Morgan fingerprint density at radius 2 is 1.93 bits per heavy atom. The van der Waals surface area contributed by atoms with E-state index < -0.39 is 0 Å². The Morgan fingerprint density at radius 1 is 1.14 bits per heavy atom. The van der Waals surface area contributed by atoms with Crippen molar-refractivity contribution in [1.82, 2.24) is 9.88 Å². The first kappa shape index (κ1) is 19.4. The van der Waals surface area contributed by atoms with Crippen molar-refractivity contribution in [3.05, 3.63) is 54.2 Å². The van der Waals surface area contributed by atoms with Crippen LogP contribution in [-0.4, -0.2) is 54.4 Å². The van der Waals surface area contributed by atoms with E-state index >= 15 is 0 Å². The molecular weight excluding hydrogens is 354 g/mol. The predicted octanol–water partition coefficient (Wildman–Crippen LogP) is 2.05. The second kappa shape index (κ2) is 9.00. The van der Waals surface area contributed by atoms with Gasteiger partial charge in [0.2, 0.25) is 11.8 Å². The smallest absolute Gasteiger partial charge is 0.224 e. The molecule has 2 heterocycles. The monoisotopic (exact) mass is 377 g/mol. The number of rotatable bonds is 5. The maximum Gasteiger partial charge on any atom is 0.224 e. The molecule has 1 aromatic heterocycles. The Bertz CT molecular complexity index is 870. The molecule has 2 amide bonds. The quantitative estimate of drug-likeness (QED) is 0.797. The van der Waals surface area contributed by atoms with E-state index in [0.29, 0.717) is 30.9 Å². The van der Waals surface area contributed by atoms with Gasteiger partial charge >= 0.3 is 0 Å². The van der Waals surface area contributed by atoms with Gasteiger partial charge in [0, 0.05) is 58.0 Å². The van der Waals surface area contributed by atoms with Gasteiger partial charge in [-0.3, -0.25) is 9.59 Å². The summed E-state index contributed by atoms with van der Waals surface area (Å²) in [7, 11) is 0. The van der Waals surface area contributed by atoms with Crippen molar-refractivity contribution in [2.75, 3.05) is 42.5 Å². The summed E-state index contributed by atoms with van der Waals surface area (Å²) in [6.45, 7) is 4.52. The molecule has 3 rings (SSSR count). The second-order valence-corrected chi connectivity index (χ2v) is 6.64. The largest absolute Gasteiger partial charge is 0.353 e. The third kappa shape index (κ3) is 4.65. The fraction of sp³-hybridized carbons (Fsp3) is 0.333. The molecule has 0 radical (unpaired) electrons. The van der Waals surface area contributed by atoms with Crippen molar-refractivity contribution in [3.8, 4) is 6.07 Å². The van der Waals surface area contributed by atoms with Crippen molar-refractivity contribution in [2.45, 2.75) is 13.3 Å². The fourth-order valence-electron chi connectivity index (χ4n) is 3.30. The minimum absolute atomic E-state index is 0.0309. The molecule has 0 aliphatic carbocycles. The first-order valence-corrected chi connectivity index (χ1v) is 9.30. The van der Waals surface area contributed by atoms with E-state index in [9.17, 15) is 9.59 Å². The summed E-state index contributed by atoms with van der Waals surface area (Å²) >= 11 is 0. The van der Waals surface area contributed by atoms with Crippen LogP contribution in [0.4, 0.5) is 11.5 Å². The number of hydrogen-bond acceptors (Lipinski definition) is 5. The summed E-state index contributed by atoms with van der Waals surface area (Å²) in [6.07, 6.45) is 2.02. The molecule has 0 unspecified atom stereocenters. The molecule has 1 aromatic carbocycles. The number of carbonyl (C=O) groups is 2. The minimum Gasteiger partial charge on any atom is -0.353 e. The zero-order valence-corrected chi connectivity index (χ0v) is 15.9. The van der Waals surface area contributed by atoms with Crippen molar-refractivity contribution in [3.63, 3.8) is 0 Å². The van der Waals surface area contributed by atoms with Crippen LogP contribution in [0.5, 0.6) is 0 Å². The molecule has 0 spiro atoms. The third-order valence-electron chi connectivity index (χ3n) is 4.82. The number of anilines is 2. The molecule has 144 valence electrons. The summed E-state index contributed by atoms with van der Waals surface area (Å²) in [5, 5.41) is 9.05. The Balaban J connectivity index is 1.55. The molecule has 28 heavy (non-hydrogen) atoms. The van der Waals surface area contributed by atoms with Gasteiger partial charge in [0.15, 0.2) is 0 Å². The van der Waals surface area contributed by atoms with Crippen molar-refractivity contribution in [2.24, 2.45) is 0 Å². The number of hydrogen-bond donors (Lipinski definition) is 0. The molecule has 0 atom stereocenters. The van der Waals surface area contributed by atoms with E-state index in [4.69, 9.17) is 5.26 Å². The maximum absolute atomic E-state index is 12.6. The Kier molecular flexibility index (Phi) is 6.22. The number of piperazine rings is 1. The summed E-state index contributed by atoms with van der Waals surface area (Å²) in [4.78, 5) is 34.6. The molecule has 0 N–H and O–H groups in total. The highest BCUT2D eigenvalue weighted by Crippen LogP contribution is 2.18. The summed E-state index contributed by atoms with van der Waals surface area (Å²) < 4.78 is 0. The highest BCUT2D eigenvalue weighted by Gasteiger charge is 2.23. The third-order valence-corrected chi connectivity index (χ3v) is 4.82. The van der Waals surface area contributed by atoms with Crippen LogP contribution in [0.15, 0.2) is 48.7 Å². The van der Waals surface area contributed by atoms with E-state index in [2.05, 4.69) is 16.0 Å². The van der Waals surface area contributed by atoms with Gasteiger partial charge in [-0.15, -0.1) is 0 Å². The molecule has 7 nitrogen and oxygen atoms in total. The summed E-state index contributed by atoms with van der Waals surface area (Å²) in [5.74, 6) is 0.806. The van der Waals surface area contributed by atoms with E-state index in [1.807, 2.05) is 23.1 Å². The van der Waals surface area contributed by atoms with E-state index in [1.54, 1.807) is 35.4 Å². The van der Waals surface area contributed by atoms with E-state index in [1.165, 1.54) is 6.92 Å². The van der Waals surface area contributed by atoms with Crippen LogP contribution >= 0.6 is 0 Å². The van der Waals surface area contributed by atoms with Crippen LogP contribution in [0.3, 0.4) is 0 Å². The van der Waals surface area contributed by atoms with Gasteiger partial charge in [0.1, 0.15) is 5.82 Å². The van der Waals surface area contributed by atoms with Gasteiger partial charge in [-0.25, -0.2) is 4.98 Å². The molecule has 0 bridgehead atoms. The molecule has 1 aliphatic rings. The maximum atomic E-state index is 12.6. The first-order valence-electron chi connectivity index (χ1n) is 9.30. The predicted molar refractivity (Wildman–Crippen MR) is 107 cm³/mol. The van der Waals surface area contributed by atoms with Crippen molar-refractivity contribution >= 4 is 23.3 Å². The first-order chi connectivity index (χ1) is 13.6. The zero-order chi connectivity index (χ0) is 19.9. The lowest BCUT2D eigenvalue weighted by Crippen LogP contribution is -2.49. The van der Waals surface area contributed by atoms with Crippen LogP contribution in [0, 0.1) is 11.3 Å².